The number of ether oxygens (including phenoxy) is 1. The van der Waals surface area contributed by atoms with Crippen LogP contribution in [-0.2, 0) is 31.0 Å². The van der Waals surface area contributed by atoms with Crippen LogP contribution in [0.15, 0.2) is 83.8 Å². The van der Waals surface area contributed by atoms with E-state index in [1.807, 2.05) is 0 Å². The molecule has 13 heteroatoms. The Hall–Kier alpha value is -4.33. The first-order chi connectivity index (χ1) is 20.9. The molecule has 1 atom stereocenters. The molecule has 0 aliphatic carbocycles. The van der Waals surface area contributed by atoms with Crippen LogP contribution in [0.1, 0.15) is 53.0 Å². The van der Waals surface area contributed by atoms with E-state index >= 15 is 0 Å². The molecule has 0 bridgehead atoms. The Kier molecular flexibility index (Phi) is 10.0. The van der Waals surface area contributed by atoms with Crippen LogP contribution in [0.25, 0.3) is 0 Å². The maximum Gasteiger partial charge on any atom is 0.262 e. The summed E-state index contributed by atoms with van der Waals surface area (Å²) in [4.78, 5) is 69.0. The maximum absolute atomic E-state index is 14.3. The number of hydrazine groups is 1. The third-order valence-electron chi connectivity index (χ3n) is 7.05. The Morgan fingerprint density at radius 1 is 0.886 bits per heavy atom. The smallest absolute Gasteiger partial charge is 0.262 e. The third-order valence-corrected chi connectivity index (χ3v) is 9.71. The number of imide groups is 1. The molecular formula is C31H31N3O8S2. The van der Waals surface area contributed by atoms with Gasteiger partial charge in [-0.3, -0.25) is 33.9 Å². The second kappa shape index (κ2) is 13.5. The van der Waals surface area contributed by atoms with Gasteiger partial charge in [0.15, 0.2) is 15.6 Å². The van der Waals surface area contributed by atoms with E-state index in [9.17, 15) is 32.4 Å². The summed E-state index contributed by atoms with van der Waals surface area (Å²) >= 11 is 0.481. The van der Waals surface area contributed by atoms with Crippen molar-refractivity contribution in [2.24, 2.45) is 0 Å². The van der Waals surface area contributed by atoms with Crippen LogP contribution < -0.4 is 9.57 Å². The van der Waals surface area contributed by atoms with Crippen LogP contribution in [0.4, 0.5) is 0 Å². The Morgan fingerprint density at radius 3 is 1.98 bits per heavy atom. The first-order valence-electron chi connectivity index (χ1n) is 13.6. The summed E-state index contributed by atoms with van der Waals surface area (Å²) in [5.41, 5.74) is 1.06. The van der Waals surface area contributed by atoms with Crippen LogP contribution in [-0.4, -0.2) is 65.3 Å². The van der Waals surface area contributed by atoms with Gasteiger partial charge in [0.25, 0.3) is 27.7 Å². The van der Waals surface area contributed by atoms with Crippen LogP contribution >= 0.6 is 11.8 Å². The monoisotopic (exact) mass is 637 g/mol. The molecule has 1 aliphatic heterocycles. The number of amides is 3. The van der Waals surface area contributed by atoms with Crippen LogP contribution in [0.2, 0.25) is 0 Å². The SMILES string of the molecule is COc1ccc(S(=O)(=O)NN(Cc2ccccc2)C(=O)[C@@](CCCN2C(=O)c3ccccc3C2=O)(SC(C)=O)C(C)=O)cc1. The highest BCUT2D eigenvalue weighted by atomic mass is 32.2. The number of hydrogen-bond acceptors (Lipinski definition) is 9. The Balaban J connectivity index is 1.65. The third kappa shape index (κ3) is 6.90. The molecule has 11 nitrogen and oxygen atoms in total. The van der Waals surface area contributed by atoms with Crippen molar-refractivity contribution in [3.63, 3.8) is 0 Å². The fourth-order valence-electron chi connectivity index (χ4n) is 4.86. The summed E-state index contributed by atoms with van der Waals surface area (Å²) in [7, 11) is -2.91. The van der Waals surface area contributed by atoms with E-state index in [0.29, 0.717) is 23.1 Å². The number of sulfonamides is 1. The molecule has 0 aromatic heterocycles. The number of methoxy groups -OCH3 is 1. The average Bonchev–Trinajstić information content (AvgIpc) is 3.24. The van der Waals surface area contributed by atoms with Gasteiger partial charge in [0, 0.05) is 13.5 Å². The molecule has 0 saturated carbocycles. The number of nitrogens with one attached hydrogen (secondary N) is 1. The second-order valence-corrected chi connectivity index (χ2v) is 13.2. The summed E-state index contributed by atoms with van der Waals surface area (Å²) in [5.74, 6) is -2.22. The van der Waals surface area contributed by atoms with Crippen molar-refractivity contribution in [3.8, 4) is 5.75 Å². The van der Waals surface area contributed by atoms with Crippen molar-refractivity contribution in [1.29, 1.82) is 0 Å². The van der Waals surface area contributed by atoms with Crippen LogP contribution in [0.5, 0.6) is 5.75 Å². The quantitative estimate of drug-likeness (QED) is 0.169. The molecule has 3 aromatic carbocycles. The molecule has 3 aromatic rings. The number of fused-ring (bicyclic) bond motifs is 1. The number of carbonyl (C=O) groups is 5. The van der Waals surface area contributed by atoms with E-state index in [0.717, 1.165) is 16.8 Å². The van der Waals surface area contributed by atoms with E-state index in [2.05, 4.69) is 4.83 Å². The highest BCUT2D eigenvalue weighted by molar-refractivity contribution is 8.16. The number of rotatable bonds is 13. The van der Waals surface area contributed by atoms with Gasteiger partial charge in [0.05, 0.1) is 29.7 Å². The summed E-state index contributed by atoms with van der Waals surface area (Å²) in [5, 5.41) is 0.265. The van der Waals surface area contributed by atoms with Gasteiger partial charge >= 0.3 is 0 Å². The van der Waals surface area contributed by atoms with Crippen molar-refractivity contribution in [1.82, 2.24) is 14.7 Å². The minimum absolute atomic E-state index is 0.0124. The van der Waals surface area contributed by atoms with Gasteiger partial charge in [0.1, 0.15) is 5.75 Å². The molecule has 230 valence electrons. The summed E-state index contributed by atoms with van der Waals surface area (Å²) in [6, 6.07) is 20.4. The lowest BCUT2D eigenvalue weighted by Gasteiger charge is -2.34. The molecular weight excluding hydrogens is 606 g/mol. The maximum atomic E-state index is 14.3. The van der Waals surface area contributed by atoms with Crippen molar-refractivity contribution < 1.29 is 37.1 Å². The highest BCUT2D eigenvalue weighted by Gasteiger charge is 2.48. The van der Waals surface area contributed by atoms with Gasteiger partial charge in [-0.1, -0.05) is 54.2 Å². The number of ketones is 1. The molecule has 0 saturated heterocycles. The summed E-state index contributed by atoms with van der Waals surface area (Å²) < 4.78 is 29.9. The minimum Gasteiger partial charge on any atom is -0.497 e. The number of Topliss-reactive ketones (excluding diaryl/α,β-unsaturated/α-hetero) is 1. The van der Waals surface area contributed by atoms with Crippen molar-refractivity contribution in [3.05, 3.63) is 95.6 Å². The lowest BCUT2D eigenvalue weighted by Crippen LogP contribution is -2.57. The van der Waals surface area contributed by atoms with Gasteiger partial charge in [-0.2, -0.15) is 0 Å². The van der Waals surface area contributed by atoms with Crippen LogP contribution in [0, 0.1) is 0 Å². The summed E-state index contributed by atoms with van der Waals surface area (Å²) in [6.07, 6.45) is -0.268. The topological polar surface area (TPSA) is 147 Å². The van der Waals surface area contributed by atoms with Gasteiger partial charge in [-0.15, -0.1) is 4.83 Å². The highest BCUT2D eigenvalue weighted by Crippen LogP contribution is 2.36. The molecule has 44 heavy (non-hydrogen) atoms. The zero-order valence-corrected chi connectivity index (χ0v) is 25.9. The zero-order valence-electron chi connectivity index (χ0n) is 24.3. The number of benzene rings is 3. The molecule has 4 rings (SSSR count). The lowest BCUT2D eigenvalue weighted by molar-refractivity contribution is -0.141. The number of carbonyl (C=O) groups excluding carboxylic acids is 5. The van der Waals surface area contributed by atoms with E-state index in [4.69, 9.17) is 4.74 Å². The van der Waals surface area contributed by atoms with Gasteiger partial charge in [-0.25, -0.2) is 8.42 Å². The van der Waals surface area contributed by atoms with Crippen molar-refractivity contribution in [2.75, 3.05) is 13.7 Å². The molecule has 0 radical (unpaired) electrons. The predicted octanol–water partition coefficient (Wildman–Crippen LogP) is 3.60. The van der Waals surface area contributed by atoms with Crippen molar-refractivity contribution >= 4 is 50.4 Å². The predicted molar refractivity (Wildman–Crippen MR) is 163 cm³/mol. The Bertz CT molecular complexity index is 1660. The molecule has 1 heterocycles. The number of hydrogen-bond donors (Lipinski definition) is 1. The minimum atomic E-state index is -4.35. The standard InChI is InChI=1S/C31H31N3O8S2/c1-21(35)31(43-22(2)36,18-9-19-33-28(37)26-12-7-8-13-27(26)29(33)38)30(39)34(20-23-10-5-4-6-11-23)32-44(40,41)25-16-14-24(42-3)15-17-25/h4-8,10-17,32H,9,18-20H2,1-3H3/t31-/m0/s1. The lowest BCUT2D eigenvalue weighted by atomic mass is 9.96. The van der Waals surface area contributed by atoms with Crippen LogP contribution in [0.3, 0.4) is 0 Å². The number of thioether (sulfide) groups is 1. The fraction of sp³-hybridized carbons (Fsp3) is 0.258. The molecule has 1 N–H and O–H groups in total. The zero-order chi connectivity index (χ0) is 32.1. The van der Waals surface area contributed by atoms with Gasteiger partial charge in [-0.05, 0) is 61.7 Å². The van der Waals surface area contributed by atoms with Crippen molar-refractivity contribution in [2.45, 2.75) is 42.9 Å². The van der Waals surface area contributed by atoms with Gasteiger partial charge in [0.2, 0.25) is 0 Å². The van der Waals surface area contributed by atoms with E-state index in [1.54, 1.807) is 54.6 Å². The van der Waals surface area contributed by atoms with E-state index in [-0.39, 0.29) is 42.0 Å². The normalized spacial score (nSPS) is 14.1. The second-order valence-electron chi connectivity index (χ2n) is 10.0. The first-order valence-corrected chi connectivity index (χ1v) is 15.9. The fourth-order valence-corrected chi connectivity index (χ4v) is 6.97. The Labute approximate surface area is 259 Å². The molecule has 0 unspecified atom stereocenters. The van der Waals surface area contributed by atoms with Gasteiger partial charge < -0.3 is 4.74 Å². The Morgan fingerprint density at radius 2 is 1.45 bits per heavy atom. The largest absolute Gasteiger partial charge is 0.497 e. The summed E-state index contributed by atoms with van der Waals surface area (Å²) in [6.45, 7) is 1.96. The molecule has 3 amide bonds. The number of nitrogens with zero attached hydrogens (tertiary/aromatic N) is 2. The van der Waals surface area contributed by atoms with E-state index in [1.165, 1.54) is 38.3 Å². The first kappa shape index (κ1) is 32.6. The molecule has 0 spiro atoms. The molecule has 0 fully saturated rings. The molecule has 1 aliphatic rings. The average molecular weight is 638 g/mol. The van der Waals surface area contributed by atoms with E-state index < -0.39 is 43.4 Å².